The molecule has 0 unspecified atom stereocenters. The van der Waals surface area contributed by atoms with Crippen LogP contribution in [0.3, 0.4) is 0 Å². The van der Waals surface area contributed by atoms with Crippen LogP contribution in [-0.2, 0) is 0 Å². The molecular formula is C18H15NO2S2. The molecule has 2 aromatic carbocycles. The molecule has 3 rings (SSSR count). The minimum absolute atomic E-state index is 0.858. The van der Waals surface area contributed by atoms with Gasteiger partial charge in [0, 0.05) is 15.2 Å². The summed E-state index contributed by atoms with van der Waals surface area (Å²) in [4.78, 5) is 2.14. The molecule has 0 aliphatic carbocycles. The van der Waals surface area contributed by atoms with Crippen LogP contribution in [0.1, 0.15) is 5.56 Å². The maximum atomic E-state index is 8.75. The van der Waals surface area contributed by atoms with Crippen LogP contribution >= 0.6 is 23.1 Å². The Balaban J connectivity index is 2.18. The fraction of sp³-hybridized carbons (Fsp3) is 0.167. The number of methoxy groups -OCH3 is 2. The zero-order valence-electron chi connectivity index (χ0n) is 13.0. The third kappa shape index (κ3) is 2.76. The molecule has 0 atom stereocenters. The fourth-order valence-corrected chi connectivity index (χ4v) is 4.33. The van der Waals surface area contributed by atoms with Gasteiger partial charge in [0.1, 0.15) is 16.9 Å². The SMILES string of the molecule is COc1ccc(OC)c2c(C)c(-c3ccc(SC#N)cc3)sc12. The van der Waals surface area contributed by atoms with Gasteiger partial charge < -0.3 is 9.47 Å². The molecule has 1 aromatic heterocycles. The van der Waals surface area contributed by atoms with E-state index >= 15 is 0 Å². The Bertz CT molecular complexity index is 892. The summed E-state index contributed by atoms with van der Waals surface area (Å²) in [5.41, 5.74) is 2.32. The summed E-state index contributed by atoms with van der Waals surface area (Å²) in [5, 5.41) is 11.9. The van der Waals surface area contributed by atoms with Crippen molar-refractivity contribution in [3.05, 3.63) is 42.0 Å². The second-order valence-electron chi connectivity index (χ2n) is 4.95. The molecule has 0 amide bonds. The first-order valence-corrected chi connectivity index (χ1v) is 8.63. The Morgan fingerprint density at radius 2 is 1.65 bits per heavy atom. The smallest absolute Gasteiger partial charge is 0.138 e. The van der Waals surface area contributed by atoms with Crippen LogP contribution in [0.4, 0.5) is 0 Å². The van der Waals surface area contributed by atoms with Gasteiger partial charge in [-0.3, -0.25) is 0 Å². The van der Waals surface area contributed by atoms with E-state index < -0.39 is 0 Å². The summed E-state index contributed by atoms with van der Waals surface area (Å²) in [5.74, 6) is 1.72. The van der Waals surface area contributed by atoms with Crippen LogP contribution in [0.25, 0.3) is 20.5 Å². The molecule has 23 heavy (non-hydrogen) atoms. The highest BCUT2D eigenvalue weighted by molar-refractivity contribution is 8.03. The number of thiophene rings is 1. The minimum Gasteiger partial charge on any atom is -0.496 e. The van der Waals surface area contributed by atoms with Crippen LogP contribution < -0.4 is 9.47 Å². The predicted molar refractivity (Wildman–Crippen MR) is 96.6 cm³/mol. The number of thiocyanates is 1. The quantitative estimate of drug-likeness (QED) is 0.466. The van der Waals surface area contributed by atoms with Crippen molar-refractivity contribution in [2.24, 2.45) is 0 Å². The average Bonchev–Trinajstić information content (AvgIpc) is 2.93. The fourth-order valence-electron chi connectivity index (χ4n) is 2.63. The number of ether oxygens (including phenoxy) is 2. The van der Waals surface area contributed by atoms with Crippen molar-refractivity contribution in [1.82, 2.24) is 0 Å². The van der Waals surface area contributed by atoms with E-state index in [9.17, 15) is 0 Å². The van der Waals surface area contributed by atoms with Crippen LogP contribution in [-0.4, -0.2) is 14.2 Å². The average molecular weight is 341 g/mol. The van der Waals surface area contributed by atoms with E-state index in [1.54, 1.807) is 25.6 Å². The zero-order valence-corrected chi connectivity index (χ0v) is 14.7. The molecule has 0 radical (unpaired) electrons. The lowest BCUT2D eigenvalue weighted by Crippen LogP contribution is -1.87. The molecule has 3 nitrogen and oxygen atoms in total. The van der Waals surface area contributed by atoms with Crippen molar-refractivity contribution >= 4 is 33.2 Å². The first-order chi connectivity index (χ1) is 11.2. The highest BCUT2D eigenvalue weighted by Gasteiger charge is 2.17. The first kappa shape index (κ1) is 15.7. The molecule has 0 spiro atoms. The number of rotatable bonds is 4. The second kappa shape index (κ2) is 6.53. The Kier molecular flexibility index (Phi) is 4.46. The van der Waals surface area contributed by atoms with Crippen molar-refractivity contribution in [2.75, 3.05) is 14.2 Å². The number of nitriles is 1. The number of benzene rings is 2. The molecule has 0 bridgehead atoms. The van der Waals surface area contributed by atoms with Crippen LogP contribution in [0.2, 0.25) is 0 Å². The van der Waals surface area contributed by atoms with E-state index in [4.69, 9.17) is 14.7 Å². The molecule has 116 valence electrons. The Hall–Kier alpha value is -2.16. The van der Waals surface area contributed by atoms with E-state index in [2.05, 4.69) is 24.5 Å². The molecule has 3 aromatic rings. The summed E-state index contributed by atoms with van der Waals surface area (Å²) in [6.45, 7) is 2.11. The molecule has 1 heterocycles. The highest BCUT2D eigenvalue weighted by atomic mass is 32.2. The Morgan fingerprint density at radius 1 is 1.00 bits per heavy atom. The summed E-state index contributed by atoms with van der Waals surface area (Å²) in [7, 11) is 3.37. The van der Waals surface area contributed by atoms with Gasteiger partial charge in [-0.25, -0.2) is 0 Å². The normalized spacial score (nSPS) is 10.5. The van der Waals surface area contributed by atoms with E-state index in [0.717, 1.165) is 32.0 Å². The molecule has 0 N–H and O–H groups in total. The van der Waals surface area contributed by atoms with Crippen molar-refractivity contribution < 1.29 is 9.47 Å². The lowest BCUT2D eigenvalue weighted by molar-refractivity contribution is 0.411. The number of thioether (sulfide) groups is 1. The minimum atomic E-state index is 0.858. The number of hydrogen-bond donors (Lipinski definition) is 0. The summed E-state index contributed by atoms with van der Waals surface area (Å²) >= 11 is 2.87. The van der Waals surface area contributed by atoms with Gasteiger partial charge in [-0.1, -0.05) is 12.1 Å². The van der Waals surface area contributed by atoms with Gasteiger partial charge in [-0.2, -0.15) is 5.26 Å². The van der Waals surface area contributed by atoms with Crippen molar-refractivity contribution in [3.63, 3.8) is 0 Å². The van der Waals surface area contributed by atoms with Crippen molar-refractivity contribution in [3.8, 4) is 27.3 Å². The molecule has 0 saturated heterocycles. The summed E-state index contributed by atoms with van der Waals surface area (Å²) < 4.78 is 12.1. The third-order valence-electron chi connectivity index (χ3n) is 3.72. The van der Waals surface area contributed by atoms with E-state index in [0.29, 0.717) is 0 Å². The van der Waals surface area contributed by atoms with Gasteiger partial charge in [0.25, 0.3) is 0 Å². The lowest BCUT2D eigenvalue weighted by atomic mass is 10.1. The van der Waals surface area contributed by atoms with Crippen molar-refractivity contribution in [1.29, 1.82) is 5.26 Å². The highest BCUT2D eigenvalue weighted by Crippen LogP contribution is 2.46. The molecule has 0 aliphatic heterocycles. The van der Waals surface area contributed by atoms with Crippen LogP contribution in [0.15, 0.2) is 41.3 Å². The molecule has 0 fully saturated rings. The number of fused-ring (bicyclic) bond motifs is 1. The van der Waals surface area contributed by atoms with Crippen LogP contribution in [0, 0.1) is 17.6 Å². The topological polar surface area (TPSA) is 42.2 Å². The van der Waals surface area contributed by atoms with Crippen molar-refractivity contribution in [2.45, 2.75) is 11.8 Å². The summed E-state index contributed by atoms with van der Waals surface area (Å²) in [6.07, 6.45) is 0. The molecule has 5 heteroatoms. The molecule has 0 aliphatic rings. The van der Waals surface area contributed by atoms with Gasteiger partial charge in [-0.05, 0) is 54.1 Å². The largest absolute Gasteiger partial charge is 0.496 e. The van der Waals surface area contributed by atoms with Crippen LogP contribution in [0.5, 0.6) is 11.5 Å². The van der Waals surface area contributed by atoms with Gasteiger partial charge in [-0.15, -0.1) is 11.3 Å². The van der Waals surface area contributed by atoms with Gasteiger partial charge in [0.05, 0.1) is 18.9 Å². The standard InChI is InChI=1S/C18H15NO2S2/c1-11-16-14(20-2)8-9-15(21-3)18(16)23-17(11)12-4-6-13(7-5-12)22-10-19/h4-9H,1-3H3. The first-order valence-electron chi connectivity index (χ1n) is 7.00. The molecule has 0 saturated carbocycles. The monoisotopic (exact) mass is 341 g/mol. The summed E-state index contributed by atoms with van der Waals surface area (Å²) in [6, 6.07) is 11.9. The third-order valence-corrected chi connectivity index (χ3v) is 5.68. The number of nitrogens with zero attached hydrogens (tertiary/aromatic N) is 1. The van der Waals surface area contributed by atoms with E-state index in [1.807, 2.05) is 24.3 Å². The molecular weight excluding hydrogens is 326 g/mol. The van der Waals surface area contributed by atoms with E-state index in [1.165, 1.54) is 22.2 Å². The maximum absolute atomic E-state index is 8.75. The zero-order chi connectivity index (χ0) is 16.4. The van der Waals surface area contributed by atoms with Gasteiger partial charge >= 0.3 is 0 Å². The predicted octanol–water partition coefficient (Wildman–Crippen LogP) is 5.47. The van der Waals surface area contributed by atoms with Gasteiger partial charge in [0.15, 0.2) is 0 Å². The maximum Gasteiger partial charge on any atom is 0.138 e. The Morgan fingerprint density at radius 3 is 2.26 bits per heavy atom. The van der Waals surface area contributed by atoms with Gasteiger partial charge in [0.2, 0.25) is 0 Å². The lowest BCUT2D eigenvalue weighted by Gasteiger charge is -2.06. The van der Waals surface area contributed by atoms with E-state index in [-0.39, 0.29) is 0 Å². The number of aryl methyl sites for hydroxylation is 1. The number of hydrogen-bond acceptors (Lipinski definition) is 5. The Labute approximate surface area is 143 Å². The second-order valence-corrected chi connectivity index (χ2v) is 6.83.